The molecule has 5 rings (SSSR count). The largest absolute Gasteiger partial charge is 0.0839 e. The van der Waals surface area contributed by atoms with Crippen LogP contribution in [0.15, 0.2) is 59.7 Å². The fourth-order valence-electron chi connectivity index (χ4n) is 8.53. The van der Waals surface area contributed by atoms with Crippen molar-refractivity contribution in [3.63, 3.8) is 0 Å². The minimum absolute atomic E-state index is 0.207. The van der Waals surface area contributed by atoms with Crippen molar-refractivity contribution in [1.29, 1.82) is 0 Å². The maximum absolute atomic E-state index is 2.63. The highest BCUT2D eigenvalue weighted by Gasteiger charge is 2.30. The second kappa shape index (κ2) is 13.7. The summed E-state index contributed by atoms with van der Waals surface area (Å²) >= 11 is 0. The SMILES string of the molecule is Cc1ccc(Cc2ccc(C3CCC(C4CCC(C)CC4)CC3)cc2CC(C)C)cc1CC1=C(C(C)(C)C)C=CCC1. The van der Waals surface area contributed by atoms with Crippen LogP contribution in [-0.4, -0.2) is 0 Å². The van der Waals surface area contributed by atoms with Gasteiger partial charge >= 0.3 is 0 Å². The molecule has 0 nitrogen and oxygen atoms in total. The van der Waals surface area contributed by atoms with E-state index in [9.17, 15) is 0 Å². The van der Waals surface area contributed by atoms with Gasteiger partial charge in [-0.3, -0.25) is 0 Å². The standard InChI is InChI=1S/C42H60/c1-29(2)24-40-27-37(35-20-18-34(19-21-35)33-16-12-30(3)13-17-33)23-22-36(40)25-32-15-14-31(4)39(26-32)28-38-10-8-9-11-41(38)42(5,6)7/h9,11,14-15,22-23,26-27,29-30,33-35H,8,10,12-13,16-21,24-25,28H2,1-7H3. The number of benzene rings is 2. The Morgan fingerprint density at radius 2 is 1.45 bits per heavy atom. The van der Waals surface area contributed by atoms with Crippen molar-refractivity contribution in [1.82, 2.24) is 0 Å². The number of hydrogen-bond donors (Lipinski definition) is 0. The van der Waals surface area contributed by atoms with E-state index in [1.807, 2.05) is 0 Å². The first-order chi connectivity index (χ1) is 20.1. The molecule has 0 unspecified atom stereocenters. The average molecular weight is 565 g/mol. The summed E-state index contributed by atoms with van der Waals surface area (Å²) in [4.78, 5) is 0. The smallest absolute Gasteiger partial charge is 0.00229 e. The first-order valence-electron chi connectivity index (χ1n) is 17.7. The van der Waals surface area contributed by atoms with Crippen LogP contribution in [0.25, 0.3) is 0 Å². The van der Waals surface area contributed by atoms with Gasteiger partial charge in [-0.1, -0.05) is 109 Å². The summed E-state index contributed by atoms with van der Waals surface area (Å²) in [6.07, 6.45) is 22.1. The molecule has 0 N–H and O–H groups in total. The van der Waals surface area contributed by atoms with Gasteiger partial charge in [0.25, 0.3) is 0 Å². The zero-order chi connectivity index (χ0) is 29.9. The van der Waals surface area contributed by atoms with Gasteiger partial charge in [0.05, 0.1) is 0 Å². The van der Waals surface area contributed by atoms with Crippen LogP contribution >= 0.6 is 0 Å². The molecular formula is C42H60. The van der Waals surface area contributed by atoms with Gasteiger partial charge < -0.3 is 0 Å². The summed E-state index contributed by atoms with van der Waals surface area (Å²) in [6, 6.07) is 14.9. The van der Waals surface area contributed by atoms with Gasteiger partial charge in [-0.25, -0.2) is 0 Å². The lowest BCUT2D eigenvalue weighted by Gasteiger charge is -2.37. The molecule has 3 aliphatic carbocycles. The molecule has 0 radical (unpaired) electrons. The highest BCUT2D eigenvalue weighted by atomic mass is 14.4. The predicted octanol–water partition coefficient (Wildman–Crippen LogP) is 12.1. The number of rotatable bonds is 8. The van der Waals surface area contributed by atoms with Crippen LogP contribution in [0.3, 0.4) is 0 Å². The molecule has 2 aromatic carbocycles. The van der Waals surface area contributed by atoms with Crippen LogP contribution < -0.4 is 0 Å². The van der Waals surface area contributed by atoms with E-state index in [2.05, 4.69) is 97.0 Å². The number of allylic oxidation sites excluding steroid dienone is 4. The van der Waals surface area contributed by atoms with Crippen LogP contribution in [0.5, 0.6) is 0 Å². The molecule has 0 aromatic heterocycles. The Hall–Kier alpha value is -2.08. The normalized spacial score (nSPS) is 25.3. The first kappa shape index (κ1) is 31.3. The molecule has 0 aliphatic heterocycles. The van der Waals surface area contributed by atoms with Gasteiger partial charge in [0.2, 0.25) is 0 Å². The fraction of sp³-hybridized carbons (Fsp3) is 0.619. The van der Waals surface area contributed by atoms with Crippen molar-refractivity contribution in [2.45, 2.75) is 138 Å². The Bertz CT molecular complexity index is 1250. The van der Waals surface area contributed by atoms with Gasteiger partial charge in [-0.2, -0.15) is 0 Å². The van der Waals surface area contributed by atoms with E-state index >= 15 is 0 Å². The van der Waals surface area contributed by atoms with E-state index in [1.54, 1.807) is 27.8 Å². The van der Waals surface area contributed by atoms with Crippen molar-refractivity contribution >= 4 is 0 Å². The molecule has 0 amide bonds. The van der Waals surface area contributed by atoms with Crippen LogP contribution in [0.4, 0.5) is 0 Å². The van der Waals surface area contributed by atoms with E-state index in [0.717, 1.165) is 36.5 Å². The Balaban J connectivity index is 1.30. The molecule has 0 bridgehead atoms. The highest BCUT2D eigenvalue weighted by molar-refractivity contribution is 5.43. The monoisotopic (exact) mass is 564 g/mol. The number of aryl methyl sites for hydroxylation is 1. The Morgan fingerprint density at radius 1 is 0.762 bits per heavy atom. The van der Waals surface area contributed by atoms with Crippen molar-refractivity contribution in [3.05, 3.63) is 93.1 Å². The molecule has 2 saturated carbocycles. The van der Waals surface area contributed by atoms with Crippen molar-refractivity contribution in [3.8, 4) is 0 Å². The molecular weight excluding hydrogens is 504 g/mol. The molecule has 0 heteroatoms. The maximum Gasteiger partial charge on any atom is -0.00229 e. The summed E-state index contributed by atoms with van der Waals surface area (Å²) < 4.78 is 0. The van der Waals surface area contributed by atoms with Gasteiger partial charge in [0.15, 0.2) is 0 Å². The number of hydrogen-bond acceptors (Lipinski definition) is 0. The summed E-state index contributed by atoms with van der Waals surface area (Å²) in [7, 11) is 0. The molecule has 0 saturated heterocycles. The van der Waals surface area contributed by atoms with E-state index in [0.29, 0.717) is 5.92 Å². The third kappa shape index (κ3) is 7.89. The van der Waals surface area contributed by atoms with Crippen molar-refractivity contribution in [2.24, 2.45) is 29.1 Å². The molecule has 0 heterocycles. The average Bonchev–Trinajstić information content (AvgIpc) is 2.96. The van der Waals surface area contributed by atoms with Gasteiger partial charge in [-0.15, -0.1) is 0 Å². The quantitative estimate of drug-likeness (QED) is 0.299. The second-order valence-corrected chi connectivity index (χ2v) is 16.1. The van der Waals surface area contributed by atoms with Crippen molar-refractivity contribution < 1.29 is 0 Å². The third-order valence-corrected chi connectivity index (χ3v) is 11.1. The first-order valence-corrected chi connectivity index (χ1v) is 17.7. The molecule has 0 atom stereocenters. The molecule has 228 valence electrons. The minimum Gasteiger partial charge on any atom is -0.0839 e. The topological polar surface area (TPSA) is 0 Å². The summed E-state index contributed by atoms with van der Waals surface area (Å²) in [5, 5.41) is 0. The van der Waals surface area contributed by atoms with Gasteiger partial charge in [-0.05, 0) is 152 Å². The lowest BCUT2D eigenvalue weighted by Crippen LogP contribution is -2.24. The Labute approximate surface area is 259 Å². The van der Waals surface area contributed by atoms with E-state index in [1.165, 1.54) is 87.3 Å². The fourth-order valence-corrected chi connectivity index (χ4v) is 8.53. The van der Waals surface area contributed by atoms with Crippen LogP contribution in [0.2, 0.25) is 0 Å². The molecule has 2 fully saturated rings. The van der Waals surface area contributed by atoms with Gasteiger partial charge in [0, 0.05) is 0 Å². The molecule has 2 aromatic rings. The zero-order valence-corrected chi connectivity index (χ0v) is 28.2. The molecule has 42 heavy (non-hydrogen) atoms. The maximum atomic E-state index is 2.63. The van der Waals surface area contributed by atoms with E-state index < -0.39 is 0 Å². The lowest BCUT2D eigenvalue weighted by atomic mass is 9.68. The summed E-state index contributed by atoms with van der Waals surface area (Å²) in [5.74, 6) is 4.43. The summed E-state index contributed by atoms with van der Waals surface area (Å²) in [5.41, 5.74) is 12.6. The van der Waals surface area contributed by atoms with Gasteiger partial charge in [0.1, 0.15) is 0 Å². The Kier molecular flexibility index (Phi) is 10.2. The van der Waals surface area contributed by atoms with Crippen molar-refractivity contribution in [2.75, 3.05) is 0 Å². The van der Waals surface area contributed by atoms with Crippen LogP contribution in [-0.2, 0) is 19.3 Å². The third-order valence-electron chi connectivity index (χ3n) is 11.1. The minimum atomic E-state index is 0.207. The van der Waals surface area contributed by atoms with Crippen LogP contribution in [0, 0.1) is 36.0 Å². The zero-order valence-electron chi connectivity index (χ0n) is 28.2. The lowest BCUT2D eigenvalue weighted by molar-refractivity contribution is 0.165. The highest BCUT2D eigenvalue weighted by Crippen LogP contribution is 2.44. The Morgan fingerprint density at radius 3 is 2.12 bits per heavy atom. The molecule has 0 spiro atoms. The predicted molar refractivity (Wildman–Crippen MR) is 183 cm³/mol. The van der Waals surface area contributed by atoms with E-state index in [-0.39, 0.29) is 5.41 Å². The summed E-state index contributed by atoms with van der Waals surface area (Å²) in [6.45, 7) is 16.6. The second-order valence-electron chi connectivity index (χ2n) is 16.1. The van der Waals surface area contributed by atoms with E-state index in [4.69, 9.17) is 0 Å². The van der Waals surface area contributed by atoms with Crippen LogP contribution in [0.1, 0.15) is 145 Å². The molecule has 3 aliphatic rings.